The maximum absolute atomic E-state index is 9.35. The van der Waals surface area contributed by atoms with E-state index in [0.29, 0.717) is 13.2 Å². The average Bonchev–Trinajstić information content (AvgIpc) is 2.84. The van der Waals surface area contributed by atoms with Crippen molar-refractivity contribution in [1.29, 1.82) is 0 Å². The Labute approximate surface area is 125 Å². The van der Waals surface area contributed by atoms with E-state index < -0.39 is 5.54 Å². The molecule has 1 unspecified atom stereocenters. The van der Waals surface area contributed by atoms with Gasteiger partial charge in [-0.15, -0.1) is 0 Å². The highest BCUT2D eigenvalue weighted by Crippen LogP contribution is 2.35. The van der Waals surface area contributed by atoms with Crippen LogP contribution in [0, 0.1) is 0 Å². The van der Waals surface area contributed by atoms with Crippen molar-refractivity contribution in [2.24, 2.45) is 0 Å². The maximum Gasteiger partial charge on any atom is 0.124 e. The lowest BCUT2D eigenvalue weighted by Crippen LogP contribution is -2.48. The topological polar surface area (TPSA) is 71.0 Å². The van der Waals surface area contributed by atoms with Crippen LogP contribution in [-0.4, -0.2) is 41.7 Å². The molecule has 2 rings (SSSR count). The van der Waals surface area contributed by atoms with Gasteiger partial charge >= 0.3 is 0 Å². The average molecular weight is 295 g/mol. The molecule has 0 aromatic heterocycles. The zero-order valence-electron chi connectivity index (χ0n) is 13.0. The molecule has 0 aliphatic carbocycles. The highest BCUT2D eigenvalue weighted by atomic mass is 16.5. The van der Waals surface area contributed by atoms with Gasteiger partial charge in [0.1, 0.15) is 17.6 Å². The Balaban J connectivity index is 2.20. The molecule has 0 fully saturated rings. The van der Waals surface area contributed by atoms with Crippen LogP contribution in [0.4, 0.5) is 0 Å². The minimum atomic E-state index is -0.712. The summed E-state index contributed by atoms with van der Waals surface area (Å²) in [6, 6.07) is 4.03. The zero-order chi connectivity index (χ0) is 15.5. The zero-order valence-corrected chi connectivity index (χ0v) is 13.0. The lowest BCUT2D eigenvalue weighted by atomic mass is 10.0. The van der Waals surface area contributed by atoms with Crippen LogP contribution < -0.4 is 14.8 Å². The number of benzene rings is 1. The largest absolute Gasteiger partial charge is 0.494 e. The van der Waals surface area contributed by atoms with Gasteiger partial charge in [0.15, 0.2) is 0 Å². The summed E-state index contributed by atoms with van der Waals surface area (Å²) < 4.78 is 11.5. The third-order valence-electron chi connectivity index (χ3n) is 3.78. The summed E-state index contributed by atoms with van der Waals surface area (Å²) in [7, 11) is 0. The molecule has 0 bridgehead atoms. The van der Waals surface area contributed by atoms with E-state index in [1.807, 2.05) is 26.0 Å². The molecular weight excluding hydrogens is 270 g/mol. The molecule has 118 valence electrons. The number of rotatable bonds is 7. The summed E-state index contributed by atoms with van der Waals surface area (Å²) >= 11 is 0. The normalized spacial score (nSPS) is 17.5. The quantitative estimate of drug-likeness (QED) is 0.706. The lowest BCUT2D eigenvalue weighted by Gasteiger charge is -2.27. The number of ether oxygens (including phenoxy) is 2. The van der Waals surface area contributed by atoms with Crippen LogP contribution in [0.25, 0.3) is 0 Å². The first-order valence-corrected chi connectivity index (χ1v) is 7.43. The molecule has 1 heterocycles. The van der Waals surface area contributed by atoms with Crippen LogP contribution in [0.3, 0.4) is 0 Å². The molecule has 1 aromatic carbocycles. The van der Waals surface area contributed by atoms with Crippen molar-refractivity contribution in [3.63, 3.8) is 0 Å². The Hall–Kier alpha value is -1.30. The van der Waals surface area contributed by atoms with Crippen molar-refractivity contribution in [2.45, 2.75) is 45.4 Å². The van der Waals surface area contributed by atoms with Gasteiger partial charge in [0, 0.05) is 24.1 Å². The van der Waals surface area contributed by atoms with Crippen molar-refractivity contribution < 1.29 is 19.7 Å². The molecule has 0 amide bonds. The van der Waals surface area contributed by atoms with E-state index in [2.05, 4.69) is 5.32 Å². The molecule has 1 aliphatic heterocycles. The Kier molecular flexibility index (Phi) is 5.08. The van der Waals surface area contributed by atoms with Crippen molar-refractivity contribution in [1.82, 2.24) is 5.32 Å². The van der Waals surface area contributed by atoms with Gasteiger partial charge < -0.3 is 25.0 Å². The van der Waals surface area contributed by atoms with E-state index >= 15 is 0 Å². The summed E-state index contributed by atoms with van der Waals surface area (Å²) in [4.78, 5) is 0. The summed E-state index contributed by atoms with van der Waals surface area (Å²) in [6.07, 6.45) is 1.09. The van der Waals surface area contributed by atoms with Crippen molar-refractivity contribution in [3.05, 3.63) is 23.3 Å². The number of hydrogen-bond acceptors (Lipinski definition) is 5. The van der Waals surface area contributed by atoms with E-state index in [-0.39, 0.29) is 19.3 Å². The van der Waals surface area contributed by atoms with Gasteiger partial charge in [-0.05, 0) is 32.9 Å². The number of aliphatic hydroxyl groups is 2. The van der Waals surface area contributed by atoms with Gasteiger partial charge in [-0.2, -0.15) is 0 Å². The van der Waals surface area contributed by atoms with Crippen LogP contribution in [0.2, 0.25) is 0 Å². The number of aliphatic hydroxyl groups excluding tert-OH is 2. The first kappa shape index (κ1) is 16.1. The SMILES string of the molecule is CCOc1cc2c(cc1CNC(C)(CO)CO)OC(C)C2. The summed E-state index contributed by atoms with van der Waals surface area (Å²) in [6.45, 7) is 6.61. The van der Waals surface area contributed by atoms with Gasteiger partial charge in [-0.3, -0.25) is 0 Å². The fourth-order valence-corrected chi connectivity index (χ4v) is 2.38. The fourth-order valence-electron chi connectivity index (χ4n) is 2.38. The molecule has 5 heteroatoms. The molecule has 21 heavy (non-hydrogen) atoms. The predicted molar refractivity (Wildman–Crippen MR) is 80.8 cm³/mol. The van der Waals surface area contributed by atoms with Gasteiger partial charge in [0.2, 0.25) is 0 Å². The van der Waals surface area contributed by atoms with Gasteiger partial charge in [-0.25, -0.2) is 0 Å². The van der Waals surface area contributed by atoms with Crippen LogP contribution in [0.15, 0.2) is 12.1 Å². The fraction of sp³-hybridized carbons (Fsp3) is 0.625. The Morgan fingerprint density at radius 1 is 1.38 bits per heavy atom. The molecule has 0 spiro atoms. The highest BCUT2D eigenvalue weighted by Gasteiger charge is 2.24. The Bertz CT molecular complexity index is 485. The van der Waals surface area contributed by atoms with Crippen LogP contribution in [0.1, 0.15) is 31.9 Å². The van der Waals surface area contributed by atoms with E-state index in [9.17, 15) is 10.2 Å². The molecular formula is C16H25NO4. The van der Waals surface area contributed by atoms with Gasteiger partial charge in [-0.1, -0.05) is 0 Å². The third-order valence-corrected chi connectivity index (χ3v) is 3.78. The second-order valence-corrected chi connectivity index (χ2v) is 5.86. The van der Waals surface area contributed by atoms with Crippen molar-refractivity contribution >= 4 is 0 Å². The minimum absolute atomic E-state index is 0.133. The molecule has 0 saturated carbocycles. The second kappa shape index (κ2) is 6.64. The molecule has 1 atom stereocenters. The first-order valence-electron chi connectivity index (χ1n) is 7.43. The molecule has 5 nitrogen and oxygen atoms in total. The Morgan fingerprint density at radius 2 is 2.10 bits per heavy atom. The minimum Gasteiger partial charge on any atom is -0.494 e. The van der Waals surface area contributed by atoms with E-state index in [4.69, 9.17) is 9.47 Å². The van der Waals surface area contributed by atoms with Crippen LogP contribution in [0.5, 0.6) is 11.5 Å². The van der Waals surface area contributed by atoms with E-state index in [1.54, 1.807) is 6.92 Å². The molecule has 0 radical (unpaired) electrons. The summed E-state index contributed by atoms with van der Waals surface area (Å²) in [5.74, 6) is 1.73. The first-order chi connectivity index (χ1) is 10.0. The van der Waals surface area contributed by atoms with E-state index in [1.165, 1.54) is 5.56 Å². The van der Waals surface area contributed by atoms with Gasteiger partial charge in [0.25, 0.3) is 0 Å². The highest BCUT2D eigenvalue weighted by molar-refractivity contribution is 5.48. The summed E-state index contributed by atoms with van der Waals surface area (Å²) in [5, 5.41) is 21.9. The second-order valence-electron chi connectivity index (χ2n) is 5.86. The number of nitrogens with one attached hydrogen (secondary N) is 1. The maximum atomic E-state index is 9.35. The smallest absolute Gasteiger partial charge is 0.124 e. The van der Waals surface area contributed by atoms with Crippen molar-refractivity contribution in [2.75, 3.05) is 19.8 Å². The molecule has 1 aromatic rings. The van der Waals surface area contributed by atoms with Gasteiger partial charge in [0.05, 0.1) is 25.4 Å². The van der Waals surface area contributed by atoms with Crippen LogP contribution in [-0.2, 0) is 13.0 Å². The third kappa shape index (κ3) is 3.67. The molecule has 3 N–H and O–H groups in total. The Morgan fingerprint density at radius 3 is 2.71 bits per heavy atom. The number of hydrogen-bond donors (Lipinski definition) is 3. The monoisotopic (exact) mass is 295 g/mol. The predicted octanol–water partition coefficient (Wildman–Crippen LogP) is 1.24. The van der Waals surface area contributed by atoms with E-state index in [0.717, 1.165) is 23.5 Å². The number of fused-ring (bicyclic) bond motifs is 1. The summed E-state index contributed by atoms with van der Waals surface area (Å²) in [5.41, 5.74) is 1.43. The van der Waals surface area contributed by atoms with Crippen LogP contribution >= 0.6 is 0 Å². The lowest BCUT2D eigenvalue weighted by molar-refractivity contribution is 0.103. The standard InChI is InChI=1S/C16H25NO4/c1-4-20-14-6-12-5-11(2)21-15(12)7-13(14)8-17-16(3,9-18)10-19/h6-7,11,17-19H,4-5,8-10H2,1-3H3. The molecule has 0 saturated heterocycles. The van der Waals surface area contributed by atoms with Crippen molar-refractivity contribution in [3.8, 4) is 11.5 Å². The molecule has 1 aliphatic rings.